The molecular weight excluding hydrogens is 208 g/mol. The molecule has 0 fully saturated rings. The molecule has 0 atom stereocenters. The van der Waals surface area contributed by atoms with E-state index in [-0.39, 0.29) is 11.5 Å². The first-order valence-corrected chi connectivity index (χ1v) is 6.09. The van der Waals surface area contributed by atoms with Gasteiger partial charge in [-0.25, -0.2) is 0 Å². The Morgan fingerprint density at radius 1 is 1.08 bits per heavy atom. The van der Waals surface area contributed by atoms with Crippen LogP contribution in [-0.2, 0) is 9.59 Å². The first-order chi connectivity index (χ1) is 6.16. The third-order valence-corrected chi connectivity index (χ3v) is 2.64. The second-order valence-electron chi connectivity index (χ2n) is 2.77. The third kappa shape index (κ3) is 9.76. The zero-order valence-corrected chi connectivity index (χ0v) is 9.07. The number of hydrogen-bond acceptors (Lipinski definition) is 4. The lowest BCUT2D eigenvalue weighted by atomic mass is 10.1. The lowest BCUT2D eigenvalue weighted by molar-refractivity contribution is -0.137. The summed E-state index contributed by atoms with van der Waals surface area (Å²) >= 11 is 3.78. The van der Waals surface area contributed by atoms with Crippen molar-refractivity contribution in [2.75, 3.05) is 0 Å². The zero-order chi connectivity index (χ0) is 10.1. The zero-order valence-electron chi connectivity index (χ0n) is 7.36. The van der Waals surface area contributed by atoms with Crippen LogP contribution in [0.5, 0.6) is 0 Å². The van der Waals surface area contributed by atoms with Gasteiger partial charge < -0.3 is 5.11 Å². The molecule has 0 bridgehead atoms. The van der Waals surface area contributed by atoms with E-state index in [1.54, 1.807) is 0 Å². The highest BCUT2D eigenvalue weighted by Crippen LogP contribution is 2.13. The summed E-state index contributed by atoms with van der Waals surface area (Å²) in [6.07, 6.45) is 4.13. The van der Waals surface area contributed by atoms with E-state index in [1.165, 1.54) is 0 Å². The van der Waals surface area contributed by atoms with E-state index in [1.807, 2.05) is 0 Å². The lowest BCUT2D eigenvalue weighted by Gasteiger charge is -1.97. The van der Waals surface area contributed by atoms with Gasteiger partial charge in [0.15, 0.2) is 5.12 Å². The second-order valence-corrected chi connectivity index (χ2v) is 3.96. The number of rotatable bonds is 7. The van der Waals surface area contributed by atoms with E-state index in [0.717, 1.165) is 30.1 Å². The Kier molecular flexibility index (Phi) is 8.33. The summed E-state index contributed by atoms with van der Waals surface area (Å²) in [4.78, 5) is 20.9. The van der Waals surface area contributed by atoms with Crippen LogP contribution in [0.3, 0.4) is 0 Å². The van der Waals surface area contributed by atoms with Crippen LogP contribution < -0.4 is 0 Å². The van der Waals surface area contributed by atoms with Crippen molar-refractivity contribution in [3.8, 4) is 0 Å². The van der Waals surface area contributed by atoms with Crippen molar-refractivity contribution < 1.29 is 14.7 Å². The molecule has 0 saturated carbocycles. The molecule has 0 spiro atoms. The number of thiol groups is 1. The van der Waals surface area contributed by atoms with Crippen LogP contribution in [0.15, 0.2) is 0 Å². The Bertz CT molecular complexity index is 171. The standard InChI is InChI=1S/C8H14O3S2/c9-7(10)5-3-1-2-4-6-8(11)13-12/h12H,1-6H2,(H,9,10). The fraction of sp³-hybridized carbons (Fsp3) is 0.750. The molecule has 5 heteroatoms. The molecule has 13 heavy (non-hydrogen) atoms. The fourth-order valence-electron chi connectivity index (χ4n) is 0.945. The highest BCUT2D eigenvalue weighted by atomic mass is 33.1. The van der Waals surface area contributed by atoms with E-state index in [9.17, 15) is 9.59 Å². The van der Waals surface area contributed by atoms with E-state index in [0.29, 0.717) is 12.8 Å². The average Bonchev–Trinajstić information content (AvgIpc) is 2.10. The minimum atomic E-state index is -0.748. The average molecular weight is 222 g/mol. The van der Waals surface area contributed by atoms with Crippen molar-refractivity contribution in [2.24, 2.45) is 0 Å². The van der Waals surface area contributed by atoms with Gasteiger partial charge in [-0.3, -0.25) is 9.59 Å². The maximum absolute atomic E-state index is 10.7. The molecule has 0 aromatic heterocycles. The molecule has 0 aromatic rings. The van der Waals surface area contributed by atoms with Crippen molar-refractivity contribution in [1.29, 1.82) is 0 Å². The molecular formula is C8H14O3S2. The minimum Gasteiger partial charge on any atom is -0.481 e. The number of carbonyl (C=O) groups is 2. The Morgan fingerprint density at radius 2 is 1.62 bits per heavy atom. The molecule has 76 valence electrons. The van der Waals surface area contributed by atoms with Gasteiger partial charge in [0.25, 0.3) is 0 Å². The first-order valence-electron chi connectivity index (χ1n) is 4.23. The van der Waals surface area contributed by atoms with E-state index in [4.69, 9.17) is 5.11 Å². The summed E-state index contributed by atoms with van der Waals surface area (Å²) in [6, 6.07) is 0. The Hall–Kier alpha value is -0.160. The van der Waals surface area contributed by atoms with E-state index in [2.05, 4.69) is 11.7 Å². The van der Waals surface area contributed by atoms with Gasteiger partial charge in [-0.2, -0.15) is 0 Å². The van der Waals surface area contributed by atoms with Gasteiger partial charge in [-0.05, 0) is 23.6 Å². The highest BCUT2D eigenvalue weighted by molar-refractivity contribution is 8.74. The van der Waals surface area contributed by atoms with Crippen molar-refractivity contribution >= 4 is 33.5 Å². The Balaban J connectivity index is 3.08. The molecule has 1 N–H and O–H groups in total. The van der Waals surface area contributed by atoms with Crippen LogP contribution in [0, 0.1) is 0 Å². The van der Waals surface area contributed by atoms with Crippen LogP contribution in [0.4, 0.5) is 0 Å². The van der Waals surface area contributed by atoms with E-state index >= 15 is 0 Å². The topological polar surface area (TPSA) is 54.4 Å². The predicted octanol–water partition coefficient (Wildman–Crippen LogP) is 2.52. The summed E-state index contributed by atoms with van der Waals surface area (Å²) in [6.45, 7) is 0. The Labute approximate surface area is 87.1 Å². The molecule has 0 unspecified atom stereocenters. The van der Waals surface area contributed by atoms with Crippen LogP contribution in [-0.4, -0.2) is 16.2 Å². The second kappa shape index (κ2) is 8.44. The molecule has 3 nitrogen and oxygen atoms in total. The molecule has 0 amide bonds. The summed E-state index contributed by atoms with van der Waals surface area (Å²) in [5, 5.41) is 8.41. The van der Waals surface area contributed by atoms with Crippen molar-refractivity contribution in [3.63, 3.8) is 0 Å². The number of carboxylic acid groups (broad SMARTS) is 1. The van der Waals surface area contributed by atoms with Crippen LogP contribution in [0.2, 0.25) is 0 Å². The molecule has 0 rings (SSSR count). The van der Waals surface area contributed by atoms with Gasteiger partial charge in [0.2, 0.25) is 0 Å². The Morgan fingerprint density at radius 3 is 2.08 bits per heavy atom. The molecule has 0 aliphatic carbocycles. The molecule has 0 heterocycles. The number of unbranched alkanes of at least 4 members (excludes halogenated alkanes) is 3. The maximum atomic E-state index is 10.7. The molecule has 0 aromatic carbocycles. The van der Waals surface area contributed by atoms with Gasteiger partial charge in [-0.1, -0.05) is 12.8 Å². The van der Waals surface area contributed by atoms with Crippen molar-refractivity contribution in [2.45, 2.75) is 38.5 Å². The maximum Gasteiger partial charge on any atom is 0.303 e. The number of carboxylic acids is 1. The van der Waals surface area contributed by atoms with E-state index < -0.39 is 5.97 Å². The van der Waals surface area contributed by atoms with Crippen LogP contribution in [0.1, 0.15) is 38.5 Å². The SMILES string of the molecule is O=C(O)CCCCCCC(=O)SS. The minimum absolute atomic E-state index is 0.0848. The van der Waals surface area contributed by atoms with Gasteiger partial charge in [-0.15, -0.1) is 11.7 Å². The molecule has 0 radical (unpaired) electrons. The third-order valence-electron chi connectivity index (χ3n) is 1.62. The summed E-state index contributed by atoms with van der Waals surface area (Å²) in [5.41, 5.74) is 0. The highest BCUT2D eigenvalue weighted by Gasteiger charge is 2.00. The van der Waals surface area contributed by atoms with Crippen molar-refractivity contribution in [3.05, 3.63) is 0 Å². The largest absolute Gasteiger partial charge is 0.481 e. The van der Waals surface area contributed by atoms with Crippen LogP contribution >= 0.6 is 22.5 Å². The summed E-state index contributed by atoms with van der Waals surface area (Å²) in [7, 11) is 0.955. The molecule has 0 aliphatic rings. The summed E-state index contributed by atoms with van der Waals surface area (Å²) < 4.78 is 0. The predicted molar refractivity (Wildman–Crippen MR) is 56.9 cm³/mol. The molecule has 0 saturated heterocycles. The number of hydrogen-bond donors (Lipinski definition) is 2. The summed E-state index contributed by atoms with van der Waals surface area (Å²) in [5.74, 6) is -0.748. The van der Waals surface area contributed by atoms with Gasteiger partial charge in [0.1, 0.15) is 0 Å². The quantitative estimate of drug-likeness (QED) is 0.395. The lowest BCUT2D eigenvalue weighted by Crippen LogP contribution is -1.94. The first kappa shape index (κ1) is 12.8. The fourth-order valence-corrected chi connectivity index (χ4v) is 1.45. The molecule has 0 aliphatic heterocycles. The number of carbonyl (C=O) groups excluding carboxylic acids is 1. The smallest absolute Gasteiger partial charge is 0.303 e. The number of aliphatic carboxylic acids is 1. The van der Waals surface area contributed by atoms with Crippen LogP contribution in [0.25, 0.3) is 0 Å². The van der Waals surface area contributed by atoms with Crippen molar-refractivity contribution in [1.82, 2.24) is 0 Å². The van der Waals surface area contributed by atoms with Gasteiger partial charge in [0, 0.05) is 12.8 Å². The monoisotopic (exact) mass is 222 g/mol. The normalized spacial score (nSPS) is 9.92. The van der Waals surface area contributed by atoms with Gasteiger partial charge >= 0.3 is 5.97 Å². The van der Waals surface area contributed by atoms with Gasteiger partial charge in [0.05, 0.1) is 0 Å².